The minimum absolute atomic E-state index is 0.256. The zero-order valence-electron chi connectivity index (χ0n) is 11.6. The van der Waals surface area contributed by atoms with Crippen LogP contribution >= 0.6 is 0 Å². The molecule has 2 atom stereocenters. The van der Waals surface area contributed by atoms with Crippen molar-refractivity contribution in [1.82, 2.24) is 10.2 Å². The van der Waals surface area contributed by atoms with E-state index < -0.39 is 5.54 Å². The van der Waals surface area contributed by atoms with Crippen LogP contribution in [0.2, 0.25) is 0 Å². The molecule has 0 bridgehead atoms. The van der Waals surface area contributed by atoms with E-state index in [1.165, 1.54) is 12.8 Å². The lowest BCUT2D eigenvalue weighted by molar-refractivity contribution is -0.124. The van der Waals surface area contributed by atoms with Crippen molar-refractivity contribution in [3.05, 3.63) is 0 Å². The number of amides is 1. The Morgan fingerprint density at radius 1 is 1.59 bits per heavy atom. The zero-order chi connectivity index (χ0) is 13.1. The molecule has 0 saturated carbocycles. The van der Waals surface area contributed by atoms with Crippen molar-refractivity contribution >= 4 is 5.91 Å². The van der Waals surface area contributed by atoms with Gasteiger partial charge in [-0.05, 0) is 38.8 Å². The molecule has 0 radical (unpaired) electrons. The largest absolute Gasteiger partial charge is 0.368 e. The summed E-state index contributed by atoms with van der Waals surface area (Å²) < 4.78 is 0. The molecule has 2 unspecified atom stereocenters. The summed E-state index contributed by atoms with van der Waals surface area (Å²) in [7, 11) is 0. The molecule has 1 rings (SSSR count). The smallest absolute Gasteiger partial charge is 0.238 e. The molecule has 1 heterocycles. The fraction of sp³-hybridized carbons (Fsp3) is 0.923. The molecule has 0 aromatic heterocycles. The second-order valence-electron chi connectivity index (χ2n) is 5.65. The summed E-state index contributed by atoms with van der Waals surface area (Å²) in [6.45, 7) is 11.0. The Balaban J connectivity index is 2.70. The van der Waals surface area contributed by atoms with E-state index in [1.54, 1.807) is 0 Å². The number of nitrogens with zero attached hydrogens (tertiary/aromatic N) is 1. The molecule has 3 N–H and O–H groups in total. The Kier molecular flexibility index (Phi) is 4.95. The topological polar surface area (TPSA) is 58.4 Å². The lowest BCUT2D eigenvalue weighted by Crippen LogP contribution is -2.60. The first-order valence-corrected chi connectivity index (χ1v) is 6.69. The predicted octanol–water partition coefficient (Wildman–Crippen LogP) is 0.960. The van der Waals surface area contributed by atoms with Gasteiger partial charge in [0, 0.05) is 12.6 Å². The third-order valence-electron chi connectivity index (χ3n) is 3.81. The van der Waals surface area contributed by atoms with Crippen molar-refractivity contribution in [2.45, 2.75) is 52.1 Å². The van der Waals surface area contributed by atoms with E-state index in [1.807, 2.05) is 13.8 Å². The number of carbonyl (C=O) groups excluding carboxylic acids is 1. The van der Waals surface area contributed by atoms with Gasteiger partial charge in [-0.25, -0.2) is 0 Å². The summed E-state index contributed by atoms with van der Waals surface area (Å²) >= 11 is 0. The number of hydrogen-bond acceptors (Lipinski definition) is 3. The number of rotatable bonds is 6. The Hall–Kier alpha value is -0.610. The number of nitrogens with two attached hydrogens (primary N) is 1. The number of likely N-dealkylation sites (N-methyl/N-ethyl adjacent to an activating group) is 1. The van der Waals surface area contributed by atoms with Crippen LogP contribution in [-0.2, 0) is 4.79 Å². The van der Waals surface area contributed by atoms with E-state index in [0.29, 0.717) is 12.0 Å². The van der Waals surface area contributed by atoms with Crippen molar-refractivity contribution in [1.29, 1.82) is 0 Å². The van der Waals surface area contributed by atoms with Gasteiger partial charge in [0.15, 0.2) is 0 Å². The third-order valence-corrected chi connectivity index (χ3v) is 3.81. The first-order chi connectivity index (χ1) is 7.90. The maximum atomic E-state index is 11.6. The van der Waals surface area contributed by atoms with Crippen molar-refractivity contribution in [3.8, 4) is 0 Å². The standard InChI is InChI=1S/C13H27N3O/c1-5-15-13(4,12(14)17)9-16-8-6-7-11(16)10(2)3/h10-11,15H,5-9H2,1-4H3,(H2,14,17). The van der Waals surface area contributed by atoms with Gasteiger partial charge in [0.1, 0.15) is 5.54 Å². The summed E-state index contributed by atoms with van der Waals surface area (Å²) in [5.74, 6) is 0.380. The Morgan fingerprint density at radius 2 is 2.24 bits per heavy atom. The highest BCUT2D eigenvalue weighted by Crippen LogP contribution is 2.25. The van der Waals surface area contributed by atoms with Gasteiger partial charge >= 0.3 is 0 Å². The van der Waals surface area contributed by atoms with Gasteiger partial charge < -0.3 is 11.1 Å². The fourth-order valence-corrected chi connectivity index (χ4v) is 2.82. The van der Waals surface area contributed by atoms with Gasteiger partial charge in [0.05, 0.1) is 0 Å². The minimum Gasteiger partial charge on any atom is -0.368 e. The maximum absolute atomic E-state index is 11.6. The van der Waals surface area contributed by atoms with Crippen LogP contribution in [0.5, 0.6) is 0 Å². The maximum Gasteiger partial charge on any atom is 0.238 e. The monoisotopic (exact) mass is 241 g/mol. The highest BCUT2D eigenvalue weighted by molar-refractivity contribution is 5.84. The van der Waals surface area contributed by atoms with E-state index in [2.05, 4.69) is 24.1 Å². The molecule has 100 valence electrons. The van der Waals surface area contributed by atoms with Crippen LogP contribution in [0.3, 0.4) is 0 Å². The first-order valence-electron chi connectivity index (χ1n) is 6.69. The van der Waals surface area contributed by atoms with Gasteiger partial charge in [0.2, 0.25) is 5.91 Å². The number of likely N-dealkylation sites (tertiary alicyclic amines) is 1. The lowest BCUT2D eigenvalue weighted by Gasteiger charge is -2.36. The Bertz CT molecular complexity index is 267. The van der Waals surface area contributed by atoms with Gasteiger partial charge in [-0.2, -0.15) is 0 Å². The summed E-state index contributed by atoms with van der Waals surface area (Å²) in [5, 5.41) is 3.23. The molecule has 1 aliphatic heterocycles. The van der Waals surface area contributed by atoms with Gasteiger partial charge in [-0.3, -0.25) is 9.69 Å². The molecule has 17 heavy (non-hydrogen) atoms. The molecule has 0 aliphatic carbocycles. The summed E-state index contributed by atoms with van der Waals surface area (Å²) in [4.78, 5) is 14.0. The van der Waals surface area contributed by atoms with Crippen LogP contribution < -0.4 is 11.1 Å². The molecule has 1 fully saturated rings. The van der Waals surface area contributed by atoms with Crippen LogP contribution in [0.1, 0.15) is 40.5 Å². The molecule has 4 nitrogen and oxygen atoms in total. The molecule has 0 aromatic rings. The molecular formula is C13H27N3O. The van der Waals surface area contributed by atoms with Gasteiger partial charge in [-0.15, -0.1) is 0 Å². The average Bonchev–Trinajstić information content (AvgIpc) is 2.65. The van der Waals surface area contributed by atoms with E-state index in [-0.39, 0.29) is 5.91 Å². The Morgan fingerprint density at radius 3 is 2.71 bits per heavy atom. The summed E-state index contributed by atoms with van der Waals surface area (Å²) in [6.07, 6.45) is 2.46. The van der Waals surface area contributed by atoms with Crippen molar-refractivity contribution in [2.24, 2.45) is 11.7 Å². The van der Waals surface area contributed by atoms with Gasteiger partial charge in [-0.1, -0.05) is 20.8 Å². The molecule has 1 saturated heterocycles. The highest BCUT2D eigenvalue weighted by atomic mass is 16.1. The quantitative estimate of drug-likeness (QED) is 0.728. The fourth-order valence-electron chi connectivity index (χ4n) is 2.82. The SMILES string of the molecule is CCNC(C)(CN1CCCC1C(C)C)C(N)=O. The Labute approximate surface area is 105 Å². The van der Waals surface area contributed by atoms with Crippen molar-refractivity contribution in [2.75, 3.05) is 19.6 Å². The highest BCUT2D eigenvalue weighted by Gasteiger charge is 2.37. The van der Waals surface area contributed by atoms with Crippen LogP contribution in [0.4, 0.5) is 0 Å². The van der Waals surface area contributed by atoms with E-state index in [0.717, 1.165) is 19.6 Å². The molecule has 4 heteroatoms. The summed E-state index contributed by atoms with van der Waals surface area (Å²) in [5.41, 5.74) is 4.92. The minimum atomic E-state index is -0.605. The number of hydrogen-bond donors (Lipinski definition) is 2. The van der Waals surface area contributed by atoms with E-state index >= 15 is 0 Å². The molecule has 0 spiro atoms. The van der Waals surface area contributed by atoms with Crippen molar-refractivity contribution in [3.63, 3.8) is 0 Å². The van der Waals surface area contributed by atoms with E-state index in [4.69, 9.17) is 5.73 Å². The molecular weight excluding hydrogens is 214 g/mol. The van der Waals surface area contributed by atoms with Crippen LogP contribution in [-0.4, -0.2) is 42.0 Å². The van der Waals surface area contributed by atoms with Crippen LogP contribution in [0, 0.1) is 5.92 Å². The van der Waals surface area contributed by atoms with Crippen molar-refractivity contribution < 1.29 is 4.79 Å². The second-order valence-corrected chi connectivity index (χ2v) is 5.65. The zero-order valence-corrected chi connectivity index (χ0v) is 11.6. The van der Waals surface area contributed by atoms with Crippen LogP contribution in [0.15, 0.2) is 0 Å². The average molecular weight is 241 g/mol. The molecule has 1 aliphatic rings. The second kappa shape index (κ2) is 5.83. The number of nitrogens with one attached hydrogen (secondary N) is 1. The normalized spacial score (nSPS) is 25.1. The lowest BCUT2D eigenvalue weighted by atomic mass is 9.97. The molecule has 0 aromatic carbocycles. The number of primary amides is 1. The van der Waals surface area contributed by atoms with Gasteiger partial charge in [0.25, 0.3) is 0 Å². The van der Waals surface area contributed by atoms with Crippen LogP contribution in [0.25, 0.3) is 0 Å². The summed E-state index contributed by atoms with van der Waals surface area (Å²) in [6, 6.07) is 0.590. The third kappa shape index (κ3) is 3.42. The van der Waals surface area contributed by atoms with E-state index in [9.17, 15) is 4.79 Å². The predicted molar refractivity (Wildman–Crippen MR) is 70.7 cm³/mol. The number of carbonyl (C=O) groups is 1. The first kappa shape index (κ1) is 14.5. The molecule has 1 amide bonds.